The molecule has 8 nitrogen and oxygen atoms in total. The summed E-state index contributed by atoms with van der Waals surface area (Å²) >= 11 is 1.37. The number of ether oxygens (including phenoxy) is 1. The van der Waals surface area contributed by atoms with Crippen LogP contribution in [-0.4, -0.2) is 44.3 Å². The summed E-state index contributed by atoms with van der Waals surface area (Å²) in [5.74, 6) is -0.539. The Morgan fingerprint density at radius 2 is 2.12 bits per heavy atom. The molecule has 3 rings (SSSR count). The molecule has 2 aromatic rings. The summed E-state index contributed by atoms with van der Waals surface area (Å²) in [6.07, 6.45) is 1.85. The van der Waals surface area contributed by atoms with Crippen molar-refractivity contribution in [1.82, 2.24) is 14.8 Å². The molecule has 0 saturated heterocycles. The van der Waals surface area contributed by atoms with E-state index in [9.17, 15) is 15.0 Å². The second kappa shape index (κ2) is 6.08. The van der Waals surface area contributed by atoms with E-state index < -0.39 is 12.0 Å². The first-order valence-corrected chi connectivity index (χ1v) is 8.27. The lowest BCUT2D eigenvalue weighted by molar-refractivity contribution is -0.136. The molecule has 0 aliphatic carbocycles. The van der Waals surface area contributed by atoms with Crippen molar-refractivity contribution in [3.05, 3.63) is 35.0 Å². The number of fused-ring (bicyclic) bond motifs is 1. The molecular formula is C15H16N4O4S. The van der Waals surface area contributed by atoms with Crippen molar-refractivity contribution in [3.8, 4) is 11.5 Å². The van der Waals surface area contributed by atoms with Gasteiger partial charge in [0.05, 0.1) is 12.7 Å². The van der Waals surface area contributed by atoms with Gasteiger partial charge in [-0.2, -0.15) is 4.98 Å². The second-order valence-corrected chi connectivity index (χ2v) is 5.95. The van der Waals surface area contributed by atoms with Crippen molar-refractivity contribution < 1.29 is 19.7 Å². The minimum atomic E-state index is -0.631. The summed E-state index contributed by atoms with van der Waals surface area (Å²) in [5, 5.41) is 27.4. The number of phenols is 2. The number of allylic oxidation sites excluding steroid dienone is 1. The van der Waals surface area contributed by atoms with Crippen molar-refractivity contribution in [2.45, 2.75) is 18.1 Å². The van der Waals surface area contributed by atoms with Crippen LogP contribution in [0.15, 0.2) is 34.6 Å². The van der Waals surface area contributed by atoms with Gasteiger partial charge in [-0.25, -0.2) is 9.48 Å². The predicted molar refractivity (Wildman–Crippen MR) is 88.1 cm³/mol. The van der Waals surface area contributed by atoms with Gasteiger partial charge < -0.3 is 20.3 Å². The smallest absolute Gasteiger partial charge is 0.338 e. The quantitative estimate of drug-likeness (QED) is 0.438. The maximum atomic E-state index is 12.3. The highest BCUT2D eigenvalue weighted by Gasteiger charge is 2.35. The third-order valence-corrected chi connectivity index (χ3v) is 4.27. The van der Waals surface area contributed by atoms with E-state index in [1.54, 1.807) is 17.7 Å². The number of esters is 1. The Bertz CT molecular complexity index is 846. The number of rotatable bonds is 3. The Hall–Kier alpha value is -2.68. The minimum absolute atomic E-state index is 0.239. The monoisotopic (exact) mass is 348 g/mol. The molecule has 0 unspecified atom stereocenters. The zero-order chi connectivity index (χ0) is 17.4. The molecular weight excluding hydrogens is 332 g/mol. The molecule has 0 radical (unpaired) electrons. The largest absolute Gasteiger partial charge is 0.504 e. The zero-order valence-corrected chi connectivity index (χ0v) is 14.1. The van der Waals surface area contributed by atoms with Gasteiger partial charge in [-0.05, 0) is 30.9 Å². The van der Waals surface area contributed by atoms with Gasteiger partial charge in [0.1, 0.15) is 6.04 Å². The number of aromatic nitrogens is 3. The highest BCUT2D eigenvalue weighted by atomic mass is 32.2. The van der Waals surface area contributed by atoms with Gasteiger partial charge in [0.25, 0.3) is 0 Å². The van der Waals surface area contributed by atoms with Crippen LogP contribution in [0.4, 0.5) is 5.95 Å². The average molecular weight is 348 g/mol. The molecule has 126 valence electrons. The van der Waals surface area contributed by atoms with Crippen LogP contribution in [0.25, 0.3) is 0 Å². The van der Waals surface area contributed by atoms with Crippen LogP contribution < -0.4 is 5.32 Å². The lowest BCUT2D eigenvalue weighted by Gasteiger charge is -2.27. The Balaban J connectivity index is 2.21. The van der Waals surface area contributed by atoms with E-state index in [0.29, 0.717) is 27.9 Å². The molecule has 0 spiro atoms. The summed E-state index contributed by atoms with van der Waals surface area (Å²) in [6, 6.07) is 3.74. The predicted octanol–water partition coefficient (Wildman–Crippen LogP) is 1.87. The van der Waals surface area contributed by atoms with E-state index in [4.69, 9.17) is 4.74 Å². The van der Waals surface area contributed by atoms with Crippen molar-refractivity contribution in [2.24, 2.45) is 0 Å². The maximum Gasteiger partial charge on any atom is 0.338 e. The van der Waals surface area contributed by atoms with Gasteiger partial charge in [0.15, 0.2) is 11.5 Å². The first-order chi connectivity index (χ1) is 11.5. The number of carbonyl (C=O) groups excluding carboxylic acids is 1. The van der Waals surface area contributed by atoms with E-state index >= 15 is 0 Å². The molecule has 9 heteroatoms. The highest BCUT2D eigenvalue weighted by Crippen LogP contribution is 2.38. The Morgan fingerprint density at radius 1 is 1.38 bits per heavy atom. The third-order valence-electron chi connectivity index (χ3n) is 3.74. The van der Waals surface area contributed by atoms with Gasteiger partial charge >= 0.3 is 5.97 Å². The van der Waals surface area contributed by atoms with E-state index in [1.807, 2.05) is 6.26 Å². The van der Waals surface area contributed by atoms with Crippen LogP contribution in [-0.2, 0) is 9.53 Å². The molecule has 1 atom stereocenters. The fourth-order valence-corrected chi connectivity index (χ4v) is 2.96. The van der Waals surface area contributed by atoms with Gasteiger partial charge in [0.2, 0.25) is 11.1 Å². The number of methoxy groups -OCH3 is 1. The molecule has 0 bridgehead atoms. The van der Waals surface area contributed by atoms with Crippen molar-refractivity contribution in [2.75, 3.05) is 18.7 Å². The number of anilines is 1. The number of hydrogen-bond acceptors (Lipinski definition) is 8. The molecule has 0 saturated carbocycles. The van der Waals surface area contributed by atoms with Crippen LogP contribution in [0, 0.1) is 0 Å². The zero-order valence-electron chi connectivity index (χ0n) is 13.3. The first kappa shape index (κ1) is 16.2. The van der Waals surface area contributed by atoms with E-state index in [2.05, 4.69) is 15.4 Å². The minimum Gasteiger partial charge on any atom is -0.504 e. The number of thioether (sulfide) groups is 1. The standard InChI is InChI=1S/C15H16N4O4S/c1-7-11(13(22)23-2)12(8-4-5-9(20)10(21)6-8)19-14(16-7)17-15(18-19)24-3/h4-6,12,20-21H,1-3H3,(H,16,17,18)/t12-/m0/s1. The number of nitrogens with zero attached hydrogens (tertiary/aromatic N) is 3. The van der Waals surface area contributed by atoms with Crippen LogP contribution >= 0.6 is 11.8 Å². The molecule has 24 heavy (non-hydrogen) atoms. The summed E-state index contributed by atoms with van der Waals surface area (Å²) in [4.78, 5) is 16.7. The maximum absolute atomic E-state index is 12.3. The van der Waals surface area contributed by atoms with Gasteiger partial charge in [0, 0.05) is 5.70 Å². The number of aromatic hydroxyl groups is 2. The van der Waals surface area contributed by atoms with E-state index in [-0.39, 0.29) is 11.5 Å². The topological polar surface area (TPSA) is 110 Å². The lowest BCUT2D eigenvalue weighted by Crippen LogP contribution is -2.29. The third kappa shape index (κ3) is 2.56. The van der Waals surface area contributed by atoms with Crippen molar-refractivity contribution in [3.63, 3.8) is 0 Å². The second-order valence-electron chi connectivity index (χ2n) is 5.17. The van der Waals surface area contributed by atoms with Gasteiger partial charge in [-0.15, -0.1) is 5.10 Å². The number of nitrogens with one attached hydrogen (secondary N) is 1. The van der Waals surface area contributed by atoms with Crippen LogP contribution in [0.5, 0.6) is 11.5 Å². The fourth-order valence-electron chi connectivity index (χ4n) is 2.61. The molecule has 1 aromatic carbocycles. The number of carbonyl (C=O) groups is 1. The molecule has 0 fully saturated rings. The highest BCUT2D eigenvalue weighted by molar-refractivity contribution is 7.98. The SMILES string of the molecule is COC(=O)C1=C(C)Nc2nc(SC)nn2[C@H]1c1ccc(O)c(O)c1. The molecule has 0 amide bonds. The molecule has 2 heterocycles. The average Bonchev–Trinajstić information content (AvgIpc) is 2.98. The van der Waals surface area contributed by atoms with Crippen LogP contribution in [0.2, 0.25) is 0 Å². The van der Waals surface area contributed by atoms with Gasteiger partial charge in [-0.1, -0.05) is 17.8 Å². The summed E-state index contributed by atoms with van der Waals surface area (Å²) in [6.45, 7) is 1.75. The van der Waals surface area contributed by atoms with Crippen LogP contribution in [0.1, 0.15) is 18.5 Å². The number of hydrogen-bond donors (Lipinski definition) is 3. The van der Waals surface area contributed by atoms with E-state index in [1.165, 1.54) is 31.0 Å². The lowest BCUT2D eigenvalue weighted by atomic mass is 9.95. The number of benzene rings is 1. The molecule has 1 aliphatic heterocycles. The first-order valence-electron chi connectivity index (χ1n) is 7.04. The Kier molecular flexibility index (Phi) is 4.10. The molecule has 1 aromatic heterocycles. The van der Waals surface area contributed by atoms with Crippen molar-refractivity contribution >= 4 is 23.7 Å². The fraction of sp³-hybridized carbons (Fsp3) is 0.267. The Labute approximate surface area is 142 Å². The summed E-state index contributed by atoms with van der Waals surface area (Å²) in [7, 11) is 1.30. The molecule has 1 aliphatic rings. The normalized spacial score (nSPS) is 16.5. The summed E-state index contributed by atoms with van der Waals surface area (Å²) < 4.78 is 6.46. The van der Waals surface area contributed by atoms with Crippen LogP contribution in [0.3, 0.4) is 0 Å². The molecule has 3 N–H and O–H groups in total. The summed E-state index contributed by atoms with van der Waals surface area (Å²) in [5.41, 5.74) is 1.52. The van der Waals surface area contributed by atoms with Gasteiger partial charge in [-0.3, -0.25) is 0 Å². The van der Waals surface area contributed by atoms with Crippen molar-refractivity contribution in [1.29, 1.82) is 0 Å². The van der Waals surface area contributed by atoms with E-state index in [0.717, 1.165) is 0 Å². The Morgan fingerprint density at radius 3 is 2.75 bits per heavy atom. The number of phenolic OH excluding ortho intramolecular Hbond substituents is 2.